The second-order valence-corrected chi connectivity index (χ2v) is 12.7. The predicted molar refractivity (Wildman–Crippen MR) is 161 cm³/mol. The minimum atomic E-state index is -4.29. The highest BCUT2D eigenvalue weighted by Crippen LogP contribution is 2.28. The number of halogens is 2. The summed E-state index contributed by atoms with van der Waals surface area (Å²) in [4.78, 5) is 39.1. The van der Waals surface area contributed by atoms with Gasteiger partial charge in [0.15, 0.2) is 0 Å². The Balaban J connectivity index is 1.70. The summed E-state index contributed by atoms with van der Waals surface area (Å²) in [5.74, 6) is -1.02. The summed E-state index contributed by atoms with van der Waals surface area (Å²) in [6, 6.07) is 16.3. The number of nitrogens with one attached hydrogen (secondary N) is 1. The van der Waals surface area contributed by atoms with E-state index >= 15 is 0 Å². The van der Waals surface area contributed by atoms with Crippen molar-refractivity contribution < 1.29 is 22.9 Å². The Morgan fingerprint density at radius 2 is 1.64 bits per heavy atom. The van der Waals surface area contributed by atoms with Crippen molar-refractivity contribution in [3.05, 3.63) is 98.5 Å². The minimum Gasteiger partial charge on any atom is -0.352 e. The summed E-state index contributed by atoms with van der Waals surface area (Å²) >= 11 is 12.3. The highest BCUT2D eigenvalue weighted by atomic mass is 35.5. The van der Waals surface area contributed by atoms with Crippen LogP contribution in [0.15, 0.2) is 77.7 Å². The molecule has 4 rings (SSSR count). The van der Waals surface area contributed by atoms with E-state index in [1.54, 1.807) is 43.3 Å². The number of nitrogens with zero attached hydrogens (tertiary/aromatic N) is 3. The van der Waals surface area contributed by atoms with Gasteiger partial charge in [0.2, 0.25) is 11.8 Å². The van der Waals surface area contributed by atoms with Crippen LogP contribution < -0.4 is 9.62 Å². The molecule has 0 aliphatic heterocycles. The zero-order valence-electron chi connectivity index (χ0n) is 22.8. The van der Waals surface area contributed by atoms with Crippen LogP contribution in [-0.4, -0.2) is 48.7 Å². The van der Waals surface area contributed by atoms with Crippen molar-refractivity contribution in [1.29, 1.82) is 0 Å². The second kappa shape index (κ2) is 13.5. The van der Waals surface area contributed by atoms with Gasteiger partial charge in [0.05, 0.1) is 25.6 Å². The lowest BCUT2D eigenvalue weighted by molar-refractivity contribution is -0.384. The third kappa shape index (κ3) is 7.39. The molecule has 1 atom stereocenters. The molecular weight excluding hydrogens is 603 g/mol. The average Bonchev–Trinajstić information content (AvgIpc) is 3.49. The van der Waals surface area contributed by atoms with Crippen molar-refractivity contribution in [1.82, 2.24) is 10.2 Å². The number of nitro benzene ring substituents is 1. The molecule has 1 aliphatic carbocycles. The summed E-state index contributed by atoms with van der Waals surface area (Å²) in [5.41, 5.74) is 0.405. The first-order valence-electron chi connectivity index (χ1n) is 13.3. The molecule has 1 fully saturated rings. The zero-order valence-corrected chi connectivity index (χ0v) is 25.1. The molecule has 0 saturated heterocycles. The normalized spacial score (nSPS) is 14.3. The number of carbonyl (C=O) groups is 2. The van der Waals surface area contributed by atoms with Gasteiger partial charge in [-0.15, -0.1) is 0 Å². The number of carbonyl (C=O) groups excluding carboxylic acids is 2. The van der Waals surface area contributed by atoms with E-state index in [2.05, 4.69) is 5.32 Å². The first-order valence-corrected chi connectivity index (χ1v) is 15.5. The highest BCUT2D eigenvalue weighted by Gasteiger charge is 2.33. The molecule has 1 saturated carbocycles. The third-order valence-electron chi connectivity index (χ3n) is 7.16. The van der Waals surface area contributed by atoms with Gasteiger partial charge >= 0.3 is 0 Å². The van der Waals surface area contributed by atoms with Gasteiger partial charge in [0, 0.05) is 24.7 Å². The summed E-state index contributed by atoms with van der Waals surface area (Å²) < 4.78 is 28.5. The maximum absolute atomic E-state index is 14.0. The van der Waals surface area contributed by atoms with Gasteiger partial charge in [-0.2, -0.15) is 0 Å². The predicted octanol–water partition coefficient (Wildman–Crippen LogP) is 5.57. The molecule has 13 heteroatoms. The van der Waals surface area contributed by atoms with Crippen molar-refractivity contribution >= 4 is 56.4 Å². The quantitative estimate of drug-likeness (QED) is 0.217. The largest absolute Gasteiger partial charge is 0.352 e. The van der Waals surface area contributed by atoms with Crippen LogP contribution in [0.2, 0.25) is 10.0 Å². The maximum Gasteiger partial charge on any atom is 0.269 e. The van der Waals surface area contributed by atoms with E-state index in [0.29, 0.717) is 10.6 Å². The number of benzene rings is 3. The molecular formula is C29H30Cl2N4O6S. The molecule has 0 radical (unpaired) electrons. The van der Waals surface area contributed by atoms with Gasteiger partial charge in [0.1, 0.15) is 12.6 Å². The fourth-order valence-electron chi connectivity index (χ4n) is 4.80. The van der Waals surface area contributed by atoms with Crippen LogP contribution in [0.3, 0.4) is 0 Å². The van der Waals surface area contributed by atoms with Gasteiger partial charge in [-0.05, 0) is 61.7 Å². The monoisotopic (exact) mass is 632 g/mol. The topological polar surface area (TPSA) is 130 Å². The second-order valence-electron chi connectivity index (χ2n) is 10.0. The molecule has 0 heterocycles. The summed E-state index contributed by atoms with van der Waals surface area (Å²) in [7, 11) is -4.29. The maximum atomic E-state index is 14.0. The fraction of sp³-hybridized carbons (Fsp3) is 0.310. The van der Waals surface area contributed by atoms with E-state index in [1.165, 1.54) is 41.3 Å². The number of rotatable bonds is 11. The average molecular weight is 634 g/mol. The molecule has 1 aliphatic rings. The number of hydrogen-bond acceptors (Lipinski definition) is 6. The molecule has 1 unspecified atom stereocenters. The van der Waals surface area contributed by atoms with E-state index in [4.69, 9.17) is 23.2 Å². The van der Waals surface area contributed by atoms with Crippen LogP contribution in [0, 0.1) is 10.1 Å². The van der Waals surface area contributed by atoms with Gasteiger partial charge in [-0.1, -0.05) is 60.3 Å². The number of anilines is 1. The Morgan fingerprint density at radius 1 is 1.00 bits per heavy atom. The molecule has 10 nitrogen and oxygen atoms in total. The smallest absolute Gasteiger partial charge is 0.269 e. The first kappa shape index (κ1) is 31.3. The summed E-state index contributed by atoms with van der Waals surface area (Å²) in [5, 5.41) is 14.8. The summed E-state index contributed by atoms with van der Waals surface area (Å²) in [6.45, 7) is 0.869. The number of sulfonamides is 1. The Morgan fingerprint density at radius 3 is 2.24 bits per heavy atom. The van der Waals surface area contributed by atoms with Crippen molar-refractivity contribution in [3.8, 4) is 0 Å². The lowest BCUT2D eigenvalue weighted by Gasteiger charge is -2.32. The fourth-order valence-corrected chi connectivity index (χ4v) is 6.55. The van der Waals surface area contributed by atoms with E-state index in [9.17, 15) is 28.1 Å². The number of amides is 2. The van der Waals surface area contributed by atoms with E-state index < -0.39 is 33.4 Å². The lowest BCUT2D eigenvalue weighted by atomic mass is 10.1. The molecule has 0 aromatic heterocycles. The number of non-ortho nitro benzene ring substituents is 1. The molecule has 3 aromatic rings. The lowest BCUT2D eigenvalue weighted by Crippen LogP contribution is -2.52. The van der Waals surface area contributed by atoms with Gasteiger partial charge in [-0.25, -0.2) is 8.42 Å². The molecule has 0 bridgehead atoms. The van der Waals surface area contributed by atoms with Crippen molar-refractivity contribution in [3.63, 3.8) is 0 Å². The van der Waals surface area contributed by atoms with E-state index in [0.717, 1.165) is 30.0 Å². The van der Waals surface area contributed by atoms with Crippen LogP contribution in [0.5, 0.6) is 0 Å². The van der Waals surface area contributed by atoms with Crippen molar-refractivity contribution in [2.45, 2.75) is 56.1 Å². The van der Waals surface area contributed by atoms with E-state index in [1.807, 2.05) is 0 Å². The zero-order chi connectivity index (χ0) is 30.4. The SMILES string of the molecule is CC(C(=O)NC1CCCC1)N(Cc1ccc(Cl)c(Cl)c1)C(=O)CN(c1ccc([N+](=O)[O-])cc1)S(=O)(=O)c1ccccc1. The van der Waals surface area contributed by atoms with Gasteiger partial charge in [0.25, 0.3) is 15.7 Å². The van der Waals surface area contributed by atoms with Crippen molar-refractivity contribution in [2.75, 3.05) is 10.8 Å². The van der Waals surface area contributed by atoms with Crippen molar-refractivity contribution in [2.24, 2.45) is 0 Å². The minimum absolute atomic E-state index is 0.0111. The standard InChI is InChI=1S/C29H30Cl2N4O6S/c1-20(29(37)32-22-7-5-6-8-22)33(18-21-11-16-26(30)27(31)17-21)28(36)19-34(23-12-14-24(15-13-23)35(38)39)42(40,41)25-9-3-2-4-10-25/h2-4,9-17,20,22H,5-8,18-19H2,1H3,(H,32,37). The van der Waals surface area contributed by atoms with Gasteiger partial charge in [-0.3, -0.25) is 24.0 Å². The molecule has 3 aromatic carbocycles. The molecule has 0 spiro atoms. The molecule has 2 amide bonds. The van der Waals surface area contributed by atoms with Crippen LogP contribution in [0.25, 0.3) is 0 Å². The van der Waals surface area contributed by atoms with Gasteiger partial charge < -0.3 is 10.2 Å². The highest BCUT2D eigenvalue weighted by molar-refractivity contribution is 7.92. The van der Waals surface area contributed by atoms with E-state index in [-0.39, 0.29) is 39.8 Å². The molecule has 1 N–H and O–H groups in total. The van der Waals surface area contributed by atoms with Crippen LogP contribution in [0.1, 0.15) is 38.2 Å². The molecule has 222 valence electrons. The first-order chi connectivity index (χ1) is 20.0. The molecule has 42 heavy (non-hydrogen) atoms. The Hall–Kier alpha value is -3.67. The Labute approximate surface area is 254 Å². The Bertz CT molecular complexity index is 1550. The number of nitro groups is 1. The third-order valence-corrected chi connectivity index (χ3v) is 9.69. The Kier molecular flexibility index (Phi) is 10.1. The van der Waals surface area contributed by atoms with Crippen LogP contribution >= 0.6 is 23.2 Å². The number of hydrogen-bond donors (Lipinski definition) is 1. The summed E-state index contributed by atoms with van der Waals surface area (Å²) in [6.07, 6.45) is 3.71. The van der Waals surface area contributed by atoms with Crippen LogP contribution in [-0.2, 0) is 26.2 Å². The van der Waals surface area contributed by atoms with Crippen LogP contribution in [0.4, 0.5) is 11.4 Å².